The number of carbonyl (C=O) groups is 2. The molecule has 0 bridgehead atoms. The van der Waals surface area contributed by atoms with Gasteiger partial charge in [-0.1, -0.05) is 26.0 Å². The lowest BCUT2D eigenvalue weighted by Crippen LogP contribution is -2.20. The molecule has 0 saturated carbocycles. The van der Waals surface area contributed by atoms with Gasteiger partial charge in [-0.2, -0.15) is 4.37 Å². The first kappa shape index (κ1) is 17.7. The molecule has 1 aromatic carbocycles. The average Bonchev–Trinajstić information content (AvgIpc) is 2.92. The minimum Gasteiger partial charge on any atom is -0.491 e. The van der Waals surface area contributed by atoms with Crippen molar-refractivity contribution in [3.05, 3.63) is 30.1 Å². The van der Waals surface area contributed by atoms with Gasteiger partial charge in [-0.15, -0.1) is 0 Å². The Balaban J connectivity index is 1.97. The number of amides is 2. The van der Waals surface area contributed by atoms with E-state index in [1.54, 1.807) is 18.2 Å². The van der Waals surface area contributed by atoms with Gasteiger partial charge >= 0.3 is 12.0 Å². The van der Waals surface area contributed by atoms with Gasteiger partial charge in [0.2, 0.25) is 5.13 Å². The molecule has 0 unspecified atom stereocenters. The summed E-state index contributed by atoms with van der Waals surface area (Å²) < 4.78 is 9.53. The van der Waals surface area contributed by atoms with E-state index in [1.807, 2.05) is 19.9 Å². The van der Waals surface area contributed by atoms with Crippen LogP contribution in [0, 0.1) is 5.92 Å². The second kappa shape index (κ2) is 8.25. The first-order valence-electron chi connectivity index (χ1n) is 7.28. The van der Waals surface area contributed by atoms with Gasteiger partial charge in [0.05, 0.1) is 12.3 Å². The molecule has 0 saturated heterocycles. The summed E-state index contributed by atoms with van der Waals surface area (Å²) in [4.78, 5) is 26.6. The molecule has 0 spiro atoms. The normalized spacial score (nSPS) is 10.5. The Bertz CT molecular complexity index is 717. The Morgan fingerprint density at radius 1 is 1.29 bits per heavy atom. The van der Waals surface area contributed by atoms with Gasteiger partial charge in [-0.25, -0.2) is 9.78 Å². The Labute approximate surface area is 143 Å². The summed E-state index contributed by atoms with van der Waals surface area (Å²) in [6.45, 7) is 4.61. The number of aliphatic carboxylic acids is 1. The van der Waals surface area contributed by atoms with E-state index in [0.717, 1.165) is 11.5 Å². The molecule has 0 atom stereocenters. The molecule has 0 aliphatic carbocycles. The number of para-hydroxylation sites is 2. The van der Waals surface area contributed by atoms with Crippen LogP contribution < -0.4 is 15.4 Å². The van der Waals surface area contributed by atoms with Gasteiger partial charge in [0, 0.05) is 11.5 Å². The van der Waals surface area contributed by atoms with Gasteiger partial charge in [0.25, 0.3) is 0 Å². The number of carboxylic acid groups (broad SMARTS) is 1. The summed E-state index contributed by atoms with van der Waals surface area (Å²) in [5.74, 6) is 0.0645. The second-order valence-electron chi connectivity index (χ2n) is 5.37. The maximum absolute atomic E-state index is 12.0. The zero-order valence-electron chi connectivity index (χ0n) is 13.3. The Morgan fingerprint density at radius 3 is 2.75 bits per heavy atom. The molecular weight excluding hydrogens is 332 g/mol. The Kier molecular flexibility index (Phi) is 6.07. The van der Waals surface area contributed by atoms with E-state index >= 15 is 0 Å². The van der Waals surface area contributed by atoms with E-state index in [2.05, 4.69) is 20.0 Å². The molecule has 9 heteroatoms. The van der Waals surface area contributed by atoms with E-state index in [0.29, 0.717) is 24.0 Å². The molecule has 0 aliphatic rings. The lowest BCUT2D eigenvalue weighted by atomic mass is 10.2. The van der Waals surface area contributed by atoms with Gasteiger partial charge < -0.3 is 15.2 Å². The van der Waals surface area contributed by atoms with Gasteiger partial charge in [0.1, 0.15) is 12.2 Å². The van der Waals surface area contributed by atoms with Crippen molar-refractivity contribution in [3.63, 3.8) is 0 Å². The SMILES string of the molecule is CC(C)COc1ccccc1NC(=O)Nc1nc(CC(=O)O)ns1. The highest BCUT2D eigenvalue weighted by atomic mass is 32.1. The first-order valence-corrected chi connectivity index (χ1v) is 8.05. The fraction of sp³-hybridized carbons (Fsp3) is 0.333. The topological polar surface area (TPSA) is 113 Å². The molecule has 128 valence electrons. The predicted octanol–water partition coefficient (Wildman–Crippen LogP) is 2.84. The van der Waals surface area contributed by atoms with Crippen molar-refractivity contribution in [3.8, 4) is 5.75 Å². The average molecular weight is 350 g/mol. The number of nitrogens with zero attached hydrogens (tertiary/aromatic N) is 2. The summed E-state index contributed by atoms with van der Waals surface area (Å²) in [5, 5.41) is 14.1. The predicted molar refractivity (Wildman–Crippen MR) is 90.7 cm³/mol. The number of carboxylic acids is 1. The third-order valence-electron chi connectivity index (χ3n) is 2.71. The van der Waals surface area contributed by atoms with Crippen molar-refractivity contribution in [2.45, 2.75) is 20.3 Å². The van der Waals surface area contributed by atoms with Crippen LogP contribution in [0.5, 0.6) is 5.75 Å². The van der Waals surface area contributed by atoms with Crippen LogP contribution in [0.15, 0.2) is 24.3 Å². The van der Waals surface area contributed by atoms with E-state index in [1.165, 1.54) is 0 Å². The van der Waals surface area contributed by atoms with E-state index in [-0.39, 0.29) is 17.4 Å². The highest BCUT2D eigenvalue weighted by Gasteiger charge is 2.12. The van der Waals surface area contributed by atoms with Crippen molar-refractivity contribution in [2.24, 2.45) is 5.92 Å². The summed E-state index contributed by atoms with van der Waals surface area (Å²) in [5.41, 5.74) is 0.533. The molecule has 0 aliphatic heterocycles. The minimum atomic E-state index is -1.03. The number of urea groups is 1. The number of ether oxygens (including phenoxy) is 1. The molecule has 0 fully saturated rings. The molecule has 24 heavy (non-hydrogen) atoms. The largest absolute Gasteiger partial charge is 0.491 e. The lowest BCUT2D eigenvalue weighted by molar-refractivity contribution is -0.136. The number of benzene rings is 1. The van der Waals surface area contributed by atoms with Crippen LogP contribution in [-0.2, 0) is 11.2 Å². The highest BCUT2D eigenvalue weighted by molar-refractivity contribution is 7.09. The van der Waals surface area contributed by atoms with Crippen molar-refractivity contribution >= 4 is 34.4 Å². The van der Waals surface area contributed by atoms with E-state index < -0.39 is 12.0 Å². The third kappa shape index (κ3) is 5.51. The molecule has 2 amide bonds. The zero-order chi connectivity index (χ0) is 17.5. The molecule has 1 aromatic heterocycles. The Morgan fingerprint density at radius 2 is 2.04 bits per heavy atom. The van der Waals surface area contributed by atoms with Crippen molar-refractivity contribution in [1.29, 1.82) is 0 Å². The smallest absolute Gasteiger partial charge is 0.325 e. The molecule has 1 heterocycles. The van der Waals surface area contributed by atoms with Crippen LogP contribution in [0.25, 0.3) is 0 Å². The fourth-order valence-corrected chi connectivity index (χ4v) is 2.30. The molecule has 2 aromatic rings. The number of anilines is 2. The molecule has 0 radical (unpaired) electrons. The number of rotatable bonds is 7. The number of aromatic nitrogens is 2. The number of hydrogen-bond acceptors (Lipinski definition) is 6. The third-order valence-corrected chi connectivity index (χ3v) is 3.37. The maximum Gasteiger partial charge on any atom is 0.325 e. The van der Waals surface area contributed by atoms with Crippen molar-refractivity contribution < 1.29 is 19.4 Å². The lowest BCUT2D eigenvalue weighted by Gasteiger charge is -2.13. The Hall–Kier alpha value is -2.68. The van der Waals surface area contributed by atoms with E-state index in [9.17, 15) is 9.59 Å². The van der Waals surface area contributed by atoms with Crippen LogP contribution in [0.4, 0.5) is 15.6 Å². The fourth-order valence-electron chi connectivity index (χ4n) is 1.71. The second-order valence-corrected chi connectivity index (χ2v) is 6.12. The van der Waals surface area contributed by atoms with Crippen molar-refractivity contribution in [2.75, 3.05) is 17.2 Å². The summed E-state index contributed by atoms with van der Waals surface area (Å²) in [6.07, 6.45) is -0.286. The number of hydrogen-bond donors (Lipinski definition) is 3. The summed E-state index contributed by atoms with van der Waals surface area (Å²) in [6, 6.07) is 6.60. The van der Waals surface area contributed by atoms with Gasteiger partial charge in [-0.3, -0.25) is 10.1 Å². The minimum absolute atomic E-state index is 0.156. The van der Waals surface area contributed by atoms with Crippen LogP contribution in [0.2, 0.25) is 0 Å². The van der Waals surface area contributed by atoms with Crippen LogP contribution >= 0.6 is 11.5 Å². The van der Waals surface area contributed by atoms with Crippen LogP contribution in [0.1, 0.15) is 19.7 Å². The maximum atomic E-state index is 12.0. The van der Waals surface area contributed by atoms with Gasteiger partial charge in [0.15, 0.2) is 5.82 Å². The number of carbonyl (C=O) groups excluding carboxylic acids is 1. The first-order chi connectivity index (χ1) is 11.4. The monoisotopic (exact) mass is 350 g/mol. The molecule has 8 nitrogen and oxygen atoms in total. The molecular formula is C15H18N4O4S. The van der Waals surface area contributed by atoms with E-state index in [4.69, 9.17) is 9.84 Å². The summed E-state index contributed by atoms with van der Waals surface area (Å²) >= 11 is 0.921. The standard InChI is InChI=1S/C15H18N4O4S/c1-9(2)8-23-11-6-4-3-5-10(11)16-14(22)18-15-17-12(19-24-15)7-13(20)21/h3-6,9H,7-8H2,1-2H3,(H,20,21)(H2,16,17,18,19,22). The van der Waals surface area contributed by atoms with Gasteiger partial charge in [-0.05, 0) is 18.1 Å². The number of nitrogens with one attached hydrogen (secondary N) is 2. The van der Waals surface area contributed by atoms with Crippen LogP contribution in [-0.4, -0.2) is 33.1 Å². The van der Waals surface area contributed by atoms with Crippen molar-refractivity contribution in [1.82, 2.24) is 9.36 Å². The quantitative estimate of drug-likeness (QED) is 0.707. The summed E-state index contributed by atoms with van der Waals surface area (Å²) in [7, 11) is 0. The zero-order valence-corrected chi connectivity index (χ0v) is 14.1. The molecule has 3 N–H and O–H groups in total. The highest BCUT2D eigenvalue weighted by Crippen LogP contribution is 2.24. The molecule has 2 rings (SSSR count). The van der Waals surface area contributed by atoms with Crippen LogP contribution in [0.3, 0.4) is 0 Å².